The molecule has 28 heavy (non-hydrogen) atoms. The maximum Gasteiger partial charge on any atom is 0.282 e. The van der Waals surface area contributed by atoms with Gasteiger partial charge >= 0.3 is 0 Å². The van der Waals surface area contributed by atoms with Crippen molar-refractivity contribution >= 4 is 33.4 Å². The van der Waals surface area contributed by atoms with Gasteiger partial charge in [0.05, 0.1) is 19.6 Å². The van der Waals surface area contributed by atoms with E-state index in [1.807, 2.05) is 6.07 Å². The number of benzene rings is 2. The summed E-state index contributed by atoms with van der Waals surface area (Å²) in [6, 6.07) is 14.8. The normalized spacial score (nSPS) is 25.3. The third-order valence-electron chi connectivity index (χ3n) is 7.14. The summed E-state index contributed by atoms with van der Waals surface area (Å²) in [6.45, 7) is 11.9. The number of rotatable bonds is 4. The number of anilines is 1. The Morgan fingerprint density at radius 2 is 1.71 bits per heavy atom. The van der Waals surface area contributed by atoms with Crippen LogP contribution in [0.2, 0.25) is 0 Å². The Hall–Kier alpha value is -2.37. The number of piperazine rings is 3. The molecule has 0 radical (unpaired) electrons. The number of aryl methyl sites for hydroxylation is 1. The van der Waals surface area contributed by atoms with Crippen molar-refractivity contribution in [2.45, 2.75) is 26.4 Å². The SMILES string of the molecule is CCn1c2ccccc2c2cc(NC(=O)[C@H](C)[N+]34CCN(CC3)CC4)ccc21. The Morgan fingerprint density at radius 1 is 1.04 bits per heavy atom. The van der Waals surface area contributed by atoms with E-state index in [9.17, 15) is 4.79 Å². The van der Waals surface area contributed by atoms with Crippen LogP contribution in [0.1, 0.15) is 13.8 Å². The molecule has 6 rings (SSSR count). The van der Waals surface area contributed by atoms with E-state index in [4.69, 9.17) is 0 Å². The molecule has 1 atom stereocenters. The fourth-order valence-electron chi connectivity index (χ4n) is 5.24. The average molecular weight is 378 g/mol. The lowest BCUT2D eigenvalue weighted by Gasteiger charge is -2.52. The molecule has 0 aliphatic carbocycles. The first-order chi connectivity index (χ1) is 13.6. The van der Waals surface area contributed by atoms with Crippen LogP contribution in [0.15, 0.2) is 42.5 Å². The molecule has 2 aromatic carbocycles. The van der Waals surface area contributed by atoms with Gasteiger partial charge in [0.15, 0.2) is 6.04 Å². The maximum atomic E-state index is 13.1. The van der Waals surface area contributed by atoms with Crippen LogP contribution >= 0.6 is 0 Å². The molecule has 1 amide bonds. The number of hydrogen-bond donors (Lipinski definition) is 1. The van der Waals surface area contributed by atoms with Crippen LogP contribution in [0.5, 0.6) is 0 Å². The topological polar surface area (TPSA) is 37.3 Å². The van der Waals surface area contributed by atoms with Crippen molar-refractivity contribution in [3.63, 3.8) is 0 Å². The van der Waals surface area contributed by atoms with Crippen molar-refractivity contribution in [2.24, 2.45) is 0 Å². The molecular weight excluding hydrogens is 348 g/mol. The summed E-state index contributed by atoms with van der Waals surface area (Å²) >= 11 is 0. The lowest BCUT2D eigenvalue weighted by Crippen LogP contribution is -2.72. The van der Waals surface area contributed by atoms with Crippen molar-refractivity contribution < 1.29 is 9.28 Å². The number of nitrogens with one attached hydrogen (secondary N) is 1. The van der Waals surface area contributed by atoms with Gasteiger partial charge < -0.3 is 14.4 Å². The van der Waals surface area contributed by atoms with Crippen LogP contribution in [0.4, 0.5) is 5.69 Å². The fraction of sp³-hybridized carbons (Fsp3) is 0.435. The molecule has 0 unspecified atom stereocenters. The highest BCUT2D eigenvalue weighted by atomic mass is 16.2. The molecule has 3 aliphatic rings. The number of carbonyl (C=O) groups excluding carboxylic acids is 1. The highest BCUT2D eigenvalue weighted by Gasteiger charge is 2.45. The van der Waals surface area contributed by atoms with Gasteiger partial charge in [-0.05, 0) is 38.1 Å². The van der Waals surface area contributed by atoms with Crippen molar-refractivity contribution in [1.29, 1.82) is 0 Å². The summed E-state index contributed by atoms with van der Waals surface area (Å²) in [6.07, 6.45) is 0. The second-order valence-electron chi connectivity index (χ2n) is 8.39. The minimum atomic E-state index is -0.00451. The molecule has 1 aromatic heterocycles. The zero-order chi connectivity index (χ0) is 19.3. The van der Waals surface area contributed by atoms with Crippen LogP contribution in [-0.2, 0) is 11.3 Å². The number of amides is 1. The van der Waals surface area contributed by atoms with Crippen LogP contribution in [0.25, 0.3) is 21.8 Å². The van der Waals surface area contributed by atoms with Crippen molar-refractivity contribution in [3.8, 4) is 0 Å². The summed E-state index contributed by atoms with van der Waals surface area (Å²) in [7, 11) is 0. The second-order valence-corrected chi connectivity index (χ2v) is 8.39. The van der Waals surface area contributed by atoms with Gasteiger partial charge in [0.25, 0.3) is 5.91 Å². The highest BCUT2D eigenvalue weighted by Crippen LogP contribution is 2.31. The lowest BCUT2D eigenvalue weighted by atomic mass is 10.1. The second kappa shape index (κ2) is 6.61. The van der Waals surface area contributed by atoms with Gasteiger partial charge in [0.2, 0.25) is 0 Å². The summed E-state index contributed by atoms with van der Waals surface area (Å²) in [5.41, 5.74) is 3.38. The monoisotopic (exact) mass is 377 g/mol. The zero-order valence-electron chi connectivity index (χ0n) is 16.8. The third kappa shape index (κ3) is 2.65. The van der Waals surface area contributed by atoms with Gasteiger partial charge in [-0.2, -0.15) is 0 Å². The Morgan fingerprint density at radius 3 is 2.43 bits per heavy atom. The molecule has 0 spiro atoms. The minimum Gasteiger partial charge on any atom is -0.341 e. The maximum absolute atomic E-state index is 13.1. The number of hydrogen-bond acceptors (Lipinski definition) is 2. The van der Waals surface area contributed by atoms with Crippen LogP contribution < -0.4 is 5.32 Å². The number of quaternary nitrogens is 1. The number of carbonyl (C=O) groups is 1. The Bertz CT molecular complexity index is 1030. The minimum absolute atomic E-state index is 0.00451. The molecule has 146 valence electrons. The van der Waals surface area contributed by atoms with E-state index >= 15 is 0 Å². The smallest absolute Gasteiger partial charge is 0.282 e. The van der Waals surface area contributed by atoms with Crippen LogP contribution in [0, 0.1) is 0 Å². The van der Waals surface area contributed by atoms with E-state index in [1.165, 1.54) is 21.8 Å². The lowest BCUT2D eigenvalue weighted by molar-refractivity contribution is -0.953. The largest absolute Gasteiger partial charge is 0.341 e. The van der Waals surface area contributed by atoms with Crippen LogP contribution in [0.3, 0.4) is 0 Å². The number of aromatic nitrogens is 1. The number of nitrogens with zero attached hydrogens (tertiary/aromatic N) is 3. The average Bonchev–Trinajstić information content (AvgIpc) is 3.07. The van der Waals surface area contributed by atoms with Gasteiger partial charge in [-0.15, -0.1) is 0 Å². The molecular formula is C23H29N4O+. The van der Waals surface area contributed by atoms with E-state index in [-0.39, 0.29) is 11.9 Å². The van der Waals surface area contributed by atoms with Crippen molar-refractivity contribution in [3.05, 3.63) is 42.5 Å². The van der Waals surface area contributed by atoms with Crippen molar-refractivity contribution in [1.82, 2.24) is 9.47 Å². The molecule has 3 aliphatic heterocycles. The first-order valence-electron chi connectivity index (χ1n) is 10.5. The quantitative estimate of drug-likeness (QED) is 0.709. The molecule has 3 fully saturated rings. The van der Waals surface area contributed by atoms with E-state index in [1.54, 1.807) is 0 Å². The molecule has 4 heterocycles. The van der Waals surface area contributed by atoms with E-state index < -0.39 is 0 Å². The highest BCUT2D eigenvalue weighted by molar-refractivity contribution is 6.10. The Balaban J connectivity index is 1.45. The standard InChI is InChI=1S/C23H28N4O/c1-3-26-21-7-5-4-6-19(21)20-16-18(8-9-22(20)26)24-23(28)17(2)27-13-10-25(11-14-27)12-15-27/h4-9,16-17H,3,10-15H2,1-2H3/p+1/t17-/m0/s1. The van der Waals surface area contributed by atoms with E-state index in [0.717, 1.165) is 56.0 Å². The van der Waals surface area contributed by atoms with Gasteiger partial charge in [-0.1, -0.05) is 18.2 Å². The summed E-state index contributed by atoms with van der Waals surface area (Å²) < 4.78 is 3.28. The first-order valence-corrected chi connectivity index (χ1v) is 10.5. The third-order valence-corrected chi connectivity index (χ3v) is 7.14. The van der Waals surface area contributed by atoms with Crippen molar-refractivity contribution in [2.75, 3.05) is 44.6 Å². The number of fused-ring (bicyclic) bond motifs is 6. The number of para-hydroxylation sites is 1. The summed E-state index contributed by atoms with van der Waals surface area (Å²) in [5.74, 6) is 0.147. The van der Waals surface area contributed by atoms with Gasteiger partial charge in [-0.3, -0.25) is 9.69 Å². The predicted molar refractivity (Wildman–Crippen MR) is 115 cm³/mol. The summed E-state index contributed by atoms with van der Waals surface area (Å²) in [4.78, 5) is 15.6. The molecule has 5 nitrogen and oxygen atoms in total. The zero-order valence-corrected chi connectivity index (χ0v) is 16.8. The Kier molecular flexibility index (Phi) is 4.18. The molecule has 5 heteroatoms. The van der Waals surface area contributed by atoms with Crippen LogP contribution in [-0.4, -0.2) is 65.2 Å². The molecule has 1 N–H and O–H groups in total. The molecule has 2 bridgehead atoms. The van der Waals surface area contributed by atoms with Gasteiger partial charge in [-0.25, -0.2) is 0 Å². The van der Waals surface area contributed by atoms with Gasteiger partial charge in [0.1, 0.15) is 0 Å². The van der Waals surface area contributed by atoms with E-state index in [2.05, 4.69) is 65.0 Å². The molecule has 3 saturated heterocycles. The van der Waals surface area contributed by atoms with E-state index in [0.29, 0.717) is 0 Å². The first kappa shape index (κ1) is 17.7. The molecule has 3 aromatic rings. The predicted octanol–water partition coefficient (Wildman–Crippen LogP) is 3.29. The molecule has 0 saturated carbocycles. The fourth-order valence-corrected chi connectivity index (χ4v) is 5.24. The van der Waals surface area contributed by atoms with Gasteiger partial charge in [0, 0.05) is 53.7 Å². The Labute approximate surface area is 166 Å². The summed E-state index contributed by atoms with van der Waals surface area (Å²) in [5, 5.41) is 5.68.